The summed E-state index contributed by atoms with van der Waals surface area (Å²) in [6.45, 7) is 9.57. The lowest BCUT2D eigenvalue weighted by Gasteiger charge is -2.33. The minimum absolute atomic E-state index is 0.362. The highest BCUT2D eigenvalue weighted by Crippen LogP contribution is 2.28. The van der Waals surface area contributed by atoms with E-state index < -0.39 is 0 Å². The molecule has 154 valence electrons. The number of hydrogen-bond donors (Lipinski definition) is 2. The molecule has 0 amide bonds. The van der Waals surface area contributed by atoms with Gasteiger partial charge < -0.3 is 20.1 Å². The van der Waals surface area contributed by atoms with Crippen LogP contribution in [0.2, 0.25) is 0 Å². The van der Waals surface area contributed by atoms with E-state index in [-0.39, 0.29) is 0 Å². The first kappa shape index (κ1) is 18.8. The SMILES string of the molecule is CC(C)n1ccc2ccc3cnc(Nc4ccc(N5CCN[C@@H](C)C5)cn4)nc3c21. The predicted octanol–water partition coefficient (Wildman–Crippen LogP) is 4.10. The largest absolute Gasteiger partial charge is 0.367 e. The summed E-state index contributed by atoms with van der Waals surface area (Å²) < 4.78 is 2.26. The lowest BCUT2D eigenvalue weighted by atomic mass is 10.2. The Labute approximate surface area is 176 Å². The van der Waals surface area contributed by atoms with Crippen molar-refractivity contribution in [3.05, 3.63) is 48.9 Å². The van der Waals surface area contributed by atoms with Crippen LogP contribution in [0.3, 0.4) is 0 Å². The summed E-state index contributed by atoms with van der Waals surface area (Å²) in [4.78, 5) is 16.3. The van der Waals surface area contributed by atoms with Crippen molar-refractivity contribution in [2.24, 2.45) is 0 Å². The van der Waals surface area contributed by atoms with Gasteiger partial charge in [0.05, 0.1) is 17.4 Å². The van der Waals surface area contributed by atoms with Gasteiger partial charge in [-0.2, -0.15) is 0 Å². The highest BCUT2D eigenvalue weighted by atomic mass is 15.2. The van der Waals surface area contributed by atoms with Gasteiger partial charge in [0.2, 0.25) is 5.95 Å². The first-order valence-electron chi connectivity index (χ1n) is 10.6. The van der Waals surface area contributed by atoms with Gasteiger partial charge in [-0.05, 0) is 39.0 Å². The van der Waals surface area contributed by atoms with E-state index in [2.05, 4.69) is 81.3 Å². The van der Waals surface area contributed by atoms with Crippen molar-refractivity contribution in [2.45, 2.75) is 32.9 Å². The fourth-order valence-corrected chi connectivity index (χ4v) is 4.16. The van der Waals surface area contributed by atoms with Crippen LogP contribution in [-0.4, -0.2) is 45.2 Å². The molecule has 1 aromatic carbocycles. The van der Waals surface area contributed by atoms with E-state index in [1.54, 1.807) is 0 Å². The number of aromatic nitrogens is 4. The molecule has 0 saturated carbocycles. The Balaban J connectivity index is 1.44. The van der Waals surface area contributed by atoms with Gasteiger partial charge in [-0.15, -0.1) is 0 Å². The summed E-state index contributed by atoms with van der Waals surface area (Å²) in [5.41, 5.74) is 3.24. The number of rotatable bonds is 4. The standard InChI is InChI=1S/C23H27N7/c1-15(2)30-10-8-17-4-5-18-12-26-23(28-21(18)22(17)30)27-20-7-6-19(13-25-20)29-11-9-24-16(3)14-29/h4-8,10,12-13,15-16,24H,9,11,14H2,1-3H3,(H,25,26,27,28)/t16-/m0/s1. The van der Waals surface area contributed by atoms with E-state index in [1.165, 1.54) is 5.39 Å². The number of nitrogens with zero attached hydrogens (tertiary/aromatic N) is 5. The highest BCUT2D eigenvalue weighted by Gasteiger charge is 2.16. The predicted molar refractivity (Wildman–Crippen MR) is 123 cm³/mol. The molecule has 1 saturated heterocycles. The van der Waals surface area contributed by atoms with Crippen molar-refractivity contribution in [1.29, 1.82) is 0 Å². The van der Waals surface area contributed by atoms with Crippen molar-refractivity contribution in [1.82, 2.24) is 24.8 Å². The number of fused-ring (bicyclic) bond motifs is 3. The van der Waals surface area contributed by atoms with Crippen LogP contribution in [0.4, 0.5) is 17.5 Å². The van der Waals surface area contributed by atoms with Gasteiger partial charge in [0.15, 0.2) is 0 Å². The van der Waals surface area contributed by atoms with E-state index in [4.69, 9.17) is 4.98 Å². The van der Waals surface area contributed by atoms with E-state index >= 15 is 0 Å². The fourth-order valence-electron chi connectivity index (χ4n) is 4.16. The average molecular weight is 402 g/mol. The topological polar surface area (TPSA) is 70.9 Å². The van der Waals surface area contributed by atoms with E-state index in [0.29, 0.717) is 18.0 Å². The van der Waals surface area contributed by atoms with Gasteiger partial charge in [0.1, 0.15) is 11.3 Å². The molecular weight excluding hydrogens is 374 g/mol. The average Bonchev–Trinajstić information content (AvgIpc) is 3.19. The summed E-state index contributed by atoms with van der Waals surface area (Å²) in [5.74, 6) is 1.30. The van der Waals surface area contributed by atoms with Crippen molar-refractivity contribution in [3.63, 3.8) is 0 Å². The third-order valence-electron chi connectivity index (χ3n) is 5.71. The molecule has 0 radical (unpaired) electrons. The molecule has 5 rings (SSSR count). The Morgan fingerprint density at radius 2 is 1.93 bits per heavy atom. The third kappa shape index (κ3) is 3.45. The number of benzene rings is 1. The number of nitrogens with one attached hydrogen (secondary N) is 2. The van der Waals surface area contributed by atoms with Crippen LogP contribution in [0.1, 0.15) is 26.8 Å². The molecule has 30 heavy (non-hydrogen) atoms. The molecule has 4 heterocycles. The summed E-state index contributed by atoms with van der Waals surface area (Å²) >= 11 is 0. The van der Waals surface area contributed by atoms with Crippen molar-refractivity contribution >= 4 is 39.3 Å². The quantitative estimate of drug-likeness (QED) is 0.536. The van der Waals surface area contributed by atoms with Crippen molar-refractivity contribution in [3.8, 4) is 0 Å². The lowest BCUT2D eigenvalue weighted by molar-refractivity contribution is 0.484. The number of pyridine rings is 1. The Morgan fingerprint density at radius 3 is 2.70 bits per heavy atom. The summed E-state index contributed by atoms with van der Waals surface area (Å²) in [5, 5.41) is 8.96. The van der Waals surface area contributed by atoms with Crippen LogP contribution in [0.25, 0.3) is 21.8 Å². The zero-order chi connectivity index (χ0) is 20.7. The van der Waals surface area contributed by atoms with Crippen LogP contribution < -0.4 is 15.5 Å². The third-order valence-corrected chi connectivity index (χ3v) is 5.71. The lowest BCUT2D eigenvalue weighted by Crippen LogP contribution is -2.49. The summed E-state index contributed by atoms with van der Waals surface area (Å²) in [6, 6.07) is 11.3. The molecule has 1 atom stereocenters. The van der Waals surface area contributed by atoms with Crippen molar-refractivity contribution < 1.29 is 0 Å². The number of piperazine rings is 1. The van der Waals surface area contributed by atoms with Gasteiger partial charge in [0.25, 0.3) is 0 Å². The second-order valence-electron chi connectivity index (χ2n) is 8.28. The summed E-state index contributed by atoms with van der Waals surface area (Å²) in [7, 11) is 0. The molecule has 3 aromatic heterocycles. The Hall–Kier alpha value is -3.19. The highest BCUT2D eigenvalue weighted by molar-refractivity contribution is 6.03. The Kier molecular flexibility index (Phi) is 4.75. The van der Waals surface area contributed by atoms with E-state index in [1.807, 2.05) is 18.5 Å². The molecule has 7 nitrogen and oxygen atoms in total. The Bertz CT molecular complexity index is 1180. The zero-order valence-corrected chi connectivity index (χ0v) is 17.6. The van der Waals surface area contributed by atoms with Crippen LogP contribution in [-0.2, 0) is 0 Å². The van der Waals surface area contributed by atoms with E-state index in [0.717, 1.165) is 47.6 Å². The number of hydrogen-bond acceptors (Lipinski definition) is 6. The minimum atomic E-state index is 0.362. The van der Waals surface area contributed by atoms with Crippen LogP contribution in [0.5, 0.6) is 0 Å². The zero-order valence-electron chi connectivity index (χ0n) is 17.6. The van der Waals surface area contributed by atoms with Gasteiger partial charge in [-0.1, -0.05) is 12.1 Å². The maximum absolute atomic E-state index is 4.83. The molecule has 2 N–H and O–H groups in total. The van der Waals surface area contributed by atoms with Gasteiger partial charge in [0, 0.05) is 54.9 Å². The number of anilines is 3. The van der Waals surface area contributed by atoms with Crippen LogP contribution in [0.15, 0.2) is 48.9 Å². The molecule has 4 aromatic rings. The smallest absolute Gasteiger partial charge is 0.228 e. The first-order valence-corrected chi connectivity index (χ1v) is 10.6. The molecular formula is C23H27N7. The maximum Gasteiger partial charge on any atom is 0.228 e. The Morgan fingerprint density at radius 1 is 1.07 bits per heavy atom. The maximum atomic E-state index is 4.83. The second kappa shape index (κ2) is 7.57. The van der Waals surface area contributed by atoms with Gasteiger partial charge in [-0.25, -0.2) is 15.0 Å². The summed E-state index contributed by atoms with van der Waals surface area (Å²) in [6.07, 6.45) is 5.92. The molecule has 1 aliphatic heterocycles. The molecule has 1 fully saturated rings. The molecule has 0 spiro atoms. The second-order valence-corrected chi connectivity index (χ2v) is 8.28. The van der Waals surface area contributed by atoms with Gasteiger partial charge in [-0.3, -0.25) is 0 Å². The normalized spacial score (nSPS) is 17.2. The van der Waals surface area contributed by atoms with Gasteiger partial charge >= 0.3 is 0 Å². The molecule has 1 aliphatic rings. The van der Waals surface area contributed by atoms with Crippen molar-refractivity contribution in [2.75, 3.05) is 29.9 Å². The molecule has 7 heteroatoms. The molecule has 0 aliphatic carbocycles. The van der Waals surface area contributed by atoms with E-state index in [9.17, 15) is 0 Å². The molecule has 0 unspecified atom stereocenters. The fraction of sp³-hybridized carbons (Fsp3) is 0.348. The van der Waals surface area contributed by atoms with Crippen LogP contribution >= 0.6 is 0 Å². The first-order chi connectivity index (χ1) is 14.6. The minimum Gasteiger partial charge on any atom is -0.367 e. The van der Waals surface area contributed by atoms with Crippen LogP contribution in [0, 0.1) is 0 Å². The monoisotopic (exact) mass is 401 g/mol. The molecule has 0 bridgehead atoms.